The molecule has 1 atom stereocenters. The molecule has 1 saturated heterocycles. The highest BCUT2D eigenvalue weighted by Gasteiger charge is 2.16. The quantitative estimate of drug-likeness (QED) is 0.840. The Hall–Kier alpha value is -1.13. The molecule has 98 valence electrons. The molecule has 1 heterocycles. The van der Waals surface area contributed by atoms with Crippen LogP contribution in [0.25, 0.3) is 6.08 Å². The van der Waals surface area contributed by atoms with Crippen molar-refractivity contribution in [1.82, 2.24) is 4.31 Å². The Balaban J connectivity index is 2.09. The first kappa shape index (κ1) is 13.3. The summed E-state index contributed by atoms with van der Waals surface area (Å²) in [7, 11) is 0.857. The maximum atomic E-state index is 11.4. The van der Waals surface area contributed by atoms with Crippen LogP contribution in [0.15, 0.2) is 29.8 Å². The number of piperidine rings is 1. The van der Waals surface area contributed by atoms with Gasteiger partial charge in [-0.05, 0) is 18.9 Å². The van der Waals surface area contributed by atoms with Gasteiger partial charge in [0.25, 0.3) is 0 Å². The highest BCUT2D eigenvalue weighted by Crippen LogP contribution is 2.25. The van der Waals surface area contributed by atoms with Gasteiger partial charge in [0.2, 0.25) is 0 Å². The highest BCUT2D eigenvalue weighted by atomic mass is 32.2. The van der Waals surface area contributed by atoms with E-state index in [4.69, 9.17) is 4.74 Å². The Bertz CT molecular complexity index is 461. The summed E-state index contributed by atoms with van der Waals surface area (Å²) in [4.78, 5) is 0. The second kappa shape index (κ2) is 6.16. The molecule has 0 radical (unpaired) electrons. The van der Waals surface area contributed by atoms with Gasteiger partial charge in [-0.25, -0.2) is 8.51 Å². The van der Waals surface area contributed by atoms with Crippen LogP contribution in [0.1, 0.15) is 18.4 Å². The van der Waals surface area contributed by atoms with Gasteiger partial charge in [-0.3, -0.25) is 0 Å². The SMILES string of the molecule is COc1ccccc1C=C1CCN(S(C)=O)CC1. The molecule has 0 amide bonds. The largest absolute Gasteiger partial charge is 0.496 e. The molecule has 1 unspecified atom stereocenters. The average molecular weight is 265 g/mol. The van der Waals surface area contributed by atoms with E-state index in [9.17, 15) is 4.21 Å². The lowest BCUT2D eigenvalue weighted by atomic mass is 10.0. The molecule has 4 heteroatoms. The van der Waals surface area contributed by atoms with Crippen LogP contribution in [0.3, 0.4) is 0 Å². The van der Waals surface area contributed by atoms with Gasteiger partial charge < -0.3 is 4.74 Å². The lowest BCUT2D eigenvalue weighted by Crippen LogP contribution is -2.31. The highest BCUT2D eigenvalue weighted by molar-refractivity contribution is 7.81. The number of benzene rings is 1. The number of rotatable bonds is 3. The molecule has 0 N–H and O–H groups in total. The predicted octanol–water partition coefficient (Wildman–Crippen LogP) is 2.47. The van der Waals surface area contributed by atoms with Crippen LogP contribution >= 0.6 is 0 Å². The van der Waals surface area contributed by atoms with Crippen LogP contribution in [0.2, 0.25) is 0 Å². The fraction of sp³-hybridized carbons (Fsp3) is 0.429. The number of nitrogens with zero attached hydrogens (tertiary/aromatic N) is 1. The second-order valence-electron chi connectivity index (χ2n) is 4.40. The molecule has 0 spiro atoms. The van der Waals surface area contributed by atoms with Gasteiger partial charge >= 0.3 is 0 Å². The summed E-state index contributed by atoms with van der Waals surface area (Å²) in [6.07, 6.45) is 5.92. The lowest BCUT2D eigenvalue weighted by molar-refractivity contribution is 0.412. The number of hydrogen-bond donors (Lipinski definition) is 0. The Morgan fingerprint density at radius 2 is 1.94 bits per heavy atom. The second-order valence-corrected chi connectivity index (χ2v) is 5.76. The zero-order valence-corrected chi connectivity index (χ0v) is 11.7. The first-order chi connectivity index (χ1) is 8.70. The predicted molar refractivity (Wildman–Crippen MR) is 75.8 cm³/mol. The molecule has 2 rings (SSSR count). The Morgan fingerprint density at radius 3 is 2.56 bits per heavy atom. The Morgan fingerprint density at radius 1 is 1.28 bits per heavy atom. The van der Waals surface area contributed by atoms with Crippen LogP contribution in [0, 0.1) is 0 Å². The van der Waals surface area contributed by atoms with Gasteiger partial charge in [0.05, 0.1) is 18.1 Å². The first-order valence-corrected chi connectivity index (χ1v) is 7.63. The number of ether oxygens (including phenoxy) is 1. The molecule has 0 bridgehead atoms. The van der Waals surface area contributed by atoms with Gasteiger partial charge in [0, 0.05) is 24.9 Å². The molecule has 1 fully saturated rings. The molecule has 1 aromatic rings. The molecule has 1 aliphatic heterocycles. The van der Waals surface area contributed by atoms with Crippen molar-refractivity contribution in [3.05, 3.63) is 35.4 Å². The Kier molecular flexibility index (Phi) is 4.55. The third-order valence-corrected chi connectivity index (χ3v) is 4.32. The summed E-state index contributed by atoms with van der Waals surface area (Å²) in [5.74, 6) is 0.909. The van der Waals surface area contributed by atoms with Crippen molar-refractivity contribution in [1.29, 1.82) is 0 Å². The molecular weight excluding hydrogens is 246 g/mol. The Labute approximate surface area is 111 Å². The molecule has 0 saturated carbocycles. The van der Waals surface area contributed by atoms with Crippen LogP contribution in [-0.2, 0) is 11.0 Å². The van der Waals surface area contributed by atoms with Crippen LogP contribution < -0.4 is 4.74 Å². The van der Waals surface area contributed by atoms with Gasteiger partial charge in [0.1, 0.15) is 5.75 Å². The number of hydrogen-bond acceptors (Lipinski definition) is 2. The third kappa shape index (κ3) is 3.21. The van der Waals surface area contributed by atoms with Crippen molar-refractivity contribution in [3.63, 3.8) is 0 Å². The van der Waals surface area contributed by atoms with Gasteiger partial charge in [0.15, 0.2) is 0 Å². The van der Waals surface area contributed by atoms with Gasteiger partial charge in [-0.15, -0.1) is 0 Å². The smallest absolute Gasteiger partial charge is 0.126 e. The van der Waals surface area contributed by atoms with E-state index >= 15 is 0 Å². The van der Waals surface area contributed by atoms with E-state index < -0.39 is 11.0 Å². The summed E-state index contributed by atoms with van der Waals surface area (Å²) in [6, 6.07) is 8.04. The number of para-hydroxylation sites is 1. The van der Waals surface area contributed by atoms with E-state index in [0.29, 0.717) is 0 Å². The maximum Gasteiger partial charge on any atom is 0.126 e. The molecule has 3 nitrogen and oxygen atoms in total. The van der Waals surface area contributed by atoms with Crippen molar-refractivity contribution in [2.24, 2.45) is 0 Å². The molecule has 1 aromatic carbocycles. The van der Waals surface area contributed by atoms with Crippen LogP contribution in [0.5, 0.6) is 5.75 Å². The van der Waals surface area contributed by atoms with E-state index in [1.807, 2.05) is 22.5 Å². The van der Waals surface area contributed by atoms with Gasteiger partial charge in [-0.1, -0.05) is 29.8 Å². The van der Waals surface area contributed by atoms with E-state index in [1.165, 1.54) is 5.57 Å². The lowest BCUT2D eigenvalue weighted by Gasteiger charge is -2.25. The minimum absolute atomic E-state index is 0.838. The maximum absolute atomic E-state index is 11.4. The van der Waals surface area contributed by atoms with E-state index in [0.717, 1.165) is 37.2 Å². The molecular formula is C14H19NO2S. The topological polar surface area (TPSA) is 29.5 Å². The van der Waals surface area contributed by atoms with E-state index in [-0.39, 0.29) is 0 Å². The number of methoxy groups -OCH3 is 1. The zero-order chi connectivity index (χ0) is 13.0. The summed E-state index contributed by atoms with van der Waals surface area (Å²) >= 11 is 0. The van der Waals surface area contributed by atoms with Gasteiger partial charge in [-0.2, -0.15) is 0 Å². The summed E-state index contributed by atoms with van der Waals surface area (Å²) in [5, 5.41) is 0. The van der Waals surface area contributed by atoms with Crippen molar-refractivity contribution in [3.8, 4) is 5.75 Å². The molecule has 0 aliphatic carbocycles. The van der Waals surface area contributed by atoms with Crippen LogP contribution in [0.4, 0.5) is 0 Å². The van der Waals surface area contributed by atoms with E-state index in [2.05, 4.69) is 12.1 Å². The summed E-state index contributed by atoms with van der Waals surface area (Å²) in [5.41, 5.74) is 2.53. The fourth-order valence-electron chi connectivity index (χ4n) is 2.18. The minimum Gasteiger partial charge on any atom is -0.496 e. The fourth-order valence-corrected chi connectivity index (χ4v) is 2.88. The summed E-state index contributed by atoms with van der Waals surface area (Å²) < 4.78 is 18.7. The van der Waals surface area contributed by atoms with Crippen LogP contribution in [-0.4, -0.2) is 35.0 Å². The average Bonchev–Trinajstić information content (AvgIpc) is 2.40. The molecule has 18 heavy (non-hydrogen) atoms. The standard InChI is InChI=1S/C14H19NO2S/c1-17-14-6-4-3-5-13(14)11-12-7-9-15(10-8-12)18(2)16/h3-6,11H,7-10H2,1-2H3. The third-order valence-electron chi connectivity index (χ3n) is 3.23. The monoisotopic (exact) mass is 265 g/mol. The summed E-state index contributed by atoms with van der Waals surface area (Å²) in [6.45, 7) is 1.76. The minimum atomic E-state index is -0.838. The molecule has 1 aliphatic rings. The van der Waals surface area contributed by atoms with Crippen molar-refractivity contribution < 1.29 is 8.95 Å². The van der Waals surface area contributed by atoms with Crippen molar-refractivity contribution >= 4 is 17.1 Å². The van der Waals surface area contributed by atoms with Crippen molar-refractivity contribution in [2.45, 2.75) is 12.8 Å². The molecule has 0 aromatic heterocycles. The zero-order valence-electron chi connectivity index (χ0n) is 10.9. The first-order valence-electron chi connectivity index (χ1n) is 6.11. The van der Waals surface area contributed by atoms with Crippen molar-refractivity contribution in [2.75, 3.05) is 26.5 Å². The van der Waals surface area contributed by atoms with E-state index in [1.54, 1.807) is 13.4 Å². The normalized spacial score (nSPS) is 18.4.